The van der Waals surface area contributed by atoms with Crippen LogP contribution < -0.4 is 19.7 Å². The molecule has 0 aromatic heterocycles. The summed E-state index contributed by atoms with van der Waals surface area (Å²) in [6.07, 6.45) is 1.03. The quantitative estimate of drug-likeness (QED) is 0.756. The molecule has 6 nitrogen and oxygen atoms in total. The van der Waals surface area contributed by atoms with E-state index in [1.807, 2.05) is 29.6 Å². The minimum atomic E-state index is -0.366. The lowest BCUT2D eigenvalue weighted by Crippen LogP contribution is -2.92. The van der Waals surface area contributed by atoms with Gasteiger partial charge in [0.25, 0.3) is 5.91 Å². The van der Waals surface area contributed by atoms with Crippen molar-refractivity contribution < 1.29 is 24.4 Å². The first-order valence-corrected chi connectivity index (χ1v) is 8.59. The number of benzene rings is 2. The van der Waals surface area contributed by atoms with Gasteiger partial charge >= 0.3 is 0 Å². The number of nitrogens with two attached hydrogens (primary N) is 1. The summed E-state index contributed by atoms with van der Waals surface area (Å²) in [6.45, 7) is 0.729. The fourth-order valence-corrected chi connectivity index (χ4v) is 3.12. The van der Waals surface area contributed by atoms with Crippen molar-refractivity contribution in [3.63, 3.8) is 0 Å². The van der Waals surface area contributed by atoms with Gasteiger partial charge in [-0.2, -0.15) is 0 Å². The molecular formula is C20H23N2O4+. The third-order valence-corrected chi connectivity index (χ3v) is 4.53. The van der Waals surface area contributed by atoms with Crippen LogP contribution in [0.2, 0.25) is 0 Å². The van der Waals surface area contributed by atoms with Crippen LogP contribution in [-0.4, -0.2) is 38.6 Å². The maximum atomic E-state index is 12.6. The van der Waals surface area contributed by atoms with E-state index < -0.39 is 0 Å². The molecular weight excluding hydrogens is 332 g/mol. The SMILES string of the molecule is COc1ccc(N2C(=O)C[C@H]([NH2+]CCc3cccc(OC)c3)C2=O)cc1. The van der Waals surface area contributed by atoms with Crippen LogP contribution in [0.5, 0.6) is 11.5 Å². The zero-order valence-corrected chi connectivity index (χ0v) is 15.0. The molecule has 2 aromatic carbocycles. The molecule has 1 aliphatic heterocycles. The second-order valence-electron chi connectivity index (χ2n) is 6.20. The first-order chi connectivity index (χ1) is 12.6. The standard InChI is InChI=1S/C20H22N2O4/c1-25-16-8-6-15(7-9-16)22-19(23)13-18(20(22)24)21-11-10-14-4-3-5-17(12-14)26-2/h3-9,12,18,21H,10-11,13H2,1-2H3/p+1/t18-/m0/s1. The van der Waals surface area contributed by atoms with E-state index in [-0.39, 0.29) is 24.3 Å². The number of hydrogen-bond donors (Lipinski definition) is 1. The van der Waals surface area contributed by atoms with Crippen molar-refractivity contribution in [1.29, 1.82) is 0 Å². The van der Waals surface area contributed by atoms with E-state index in [0.717, 1.165) is 24.3 Å². The predicted octanol–water partition coefficient (Wildman–Crippen LogP) is 1.14. The summed E-state index contributed by atoms with van der Waals surface area (Å²) in [5.74, 6) is 1.18. The van der Waals surface area contributed by atoms with Gasteiger partial charge in [-0.1, -0.05) is 12.1 Å². The Bertz CT molecular complexity index is 789. The largest absolute Gasteiger partial charge is 0.497 e. The smallest absolute Gasteiger partial charge is 0.292 e. The van der Waals surface area contributed by atoms with Crippen molar-refractivity contribution in [2.75, 3.05) is 25.7 Å². The molecule has 2 aromatic rings. The summed E-state index contributed by atoms with van der Waals surface area (Å²) in [4.78, 5) is 26.2. The van der Waals surface area contributed by atoms with E-state index in [9.17, 15) is 9.59 Å². The lowest BCUT2D eigenvalue weighted by molar-refractivity contribution is -0.674. The summed E-state index contributed by atoms with van der Waals surface area (Å²) in [6, 6.07) is 14.4. The fraction of sp³-hybridized carbons (Fsp3) is 0.300. The maximum Gasteiger partial charge on any atom is 0.292 e. The highest BCUT2D eigenvalue weighted by molar-refractivity contribution is 6.21. The molecule has 0 spiro atoms. The summed E-state index contributed by atoms with van der Waals surface area (Å²) < 4.78 is 10.3. The molecule has 0 aliphatic carbocycles. The highest BCUT2D eigenvalue weighted by atomic mass is 16.5. The topological polar surface area (TPSA) is 72.4 Å². The zero-order chi connectivity index (χ0) is 18.5. The van der Waals surface area contributed by atoms with Crippen LogP contribution in [0.4, 0.5) is 5.69 Å². The Morgan fingerprint density at radius 1 is 1.04 bits per heavy atom. The fourth-order valence-electron chi connectivity index (χ4n) is 3.12. The lowest BCUT2D eigenvalue weighted by atomic mass is 10.1. The van der Waals surface area contributed by atoms with Gasteiger partial charge < -0.3 is 14.8 Å². The van der Waals surface area contributed by atoms with Crippen LogP contribution in [0, 0.1) is 0 Å². The number of rotatable bonds is 7. The Kier molecular flexibility index (Phi) is 5.53. The van der Waals surface area contributed by atoms with E-state index in [1.165, 1.54) is 4.90 Å². The Balaban J connectivity index is 1.59. The molecule has 2 N–H and O–H groups in total. The van der Waals surface area contributed by atoms with Crippen LogP contribution in [0.25, 0.3) is 0 Å². The summed E-state index contributed by atoms with van der Waals surface area (Å²) >= 11 is 0. The average molecular weight is 355 g/mol. The number of nitrogens with zero attached hydrogens (tertiary/aromatic N) is 1. The van der Waals surface area contributed by atoms with Gasteiger partial charge in [-0.15, -0.1) is 0 Å². The average Bonchev–Trinajstić information content (AvgIpc) is 2.95. The Morgan fingerprint density at radius 3 is 2.46 bits per heavy atom. The molecule has 3 rings (SSSR count). The van der Waals surface area contributed by atoms with Crippen molar-refractivity contribution in [3.05, 3.63) is 54.1 Å². The first-order valence-electron chi connectivity index (χ1n) is 8.59. The van der Waals surface area contributed by atoms with Crippen molar-refractivity contribution in [3.8, 4) is 11.5 Å². The van der Waals surface area contributed by atoms with Crippen molar-refractivity contribution in [2.24, 2.45) is 0 Å². The number of carbonyl (C=O) groups excluding carboxylic acids is 2. The van der Waals surface area contributed by atoms with Crippen LogP contribution >= 0.6 is 0 Å². The summed E-state index contributed by atoms with van der Waals surface area (Å²) in [5.41, 5.74) is 1.73. The molecule has 1 saturated heterocycles. The molecule has 26 heavy (non-hydrogen) atoms. The van der Waals surface area contributed by atoms with Gasteiger partial charge in [0.15, 0.2) is 6.04 Å². The number of hydrogen-bond acceptors (Lipinski definition) is 4. The molecule has 136 valence electrons. The van der Waals surface area contributed by atoms with Crippen LogP contribution in [0.15, 0.2) is 48.5 Å². The van der Waals surface area contributed by atoms with Crippen LogP contribution in [-0.2, 0) is 16.0 Å². The minimum absolute atomic E-state index is 0.161. The van der Waals surface area contributed by atoms with E-state index in [4.69, 9.17) is 9.47 Å². The number of ether oxygens (including phenoxy) is 2. The Hall–Kier alpha value is -2.86. The summed E-state index contributed by atoms with van der Waals surface area (Å²) in [5, 5.41) is 1.95. The molecule has 6 heteroatoms. The molecule has 0 radical (unpaired) electrons. The van der Waals surface area contributed by atoms with E-state index >= 15 is 0 Å². The zero-order valence-electron chi connectivity index (χ0n) is 15.0. The van der Waals surface area contributed by atoms with Gasteiger partial charge in [-0.05, 0) is 42.0 Å². The minimum Gasteiger partial charge on any atom is -0.497 e. The Morgan fingerprint density at radius 2 is 1.77 bits per heavy atom. The van der Waals surface area contributed by atoms with Gasteiger partial charge in [0.05, 0.1) is 32.9 Å². The van der Waals surface area contributed by atoms with Crippen molar-refractivity contribution in [1.82, 2.24) is 0 Å². The molecule has 1 aliphatic rings. The molecule has 1 atom stereocenters. The molecule has 1 fully saturated rings. The van der Waals surface area contributed by atoms with Gasteiger partial charge in [-0.25, -0.2) is 4.90 Å². The summed E-state index contributed by atoms with van der Waals surface area (Å²) in [7, 11) is 3.22. The Labute approximate surface area is 152 Å². The van der Waals surface area contributed by atoms with Gasteiger partial charge in [-0.3, -0.25) is 9.59 Å². The van der Waals surface area contributed by atoms with E-state index in [1.54, 1.807) is 38.5 Å². The van der Waals surface area contributed by atoms with Gasteiger partial charge in [0, 0.05) is 6.42 Å². The van der Waals surface area contributed by atoms with Gasteiger partial charge in [0.2, 0.25) is 5.91 Å². The monoisotopic (exact) mass is 355 g/mol. The van der Waals surface area contributed by atoms with E-state index in [2.05, 4.69) is 0 Å². The number of methoxy groups -OCH3 is 2. The number of carbonyl (C=O) groups is 2. The molecule has 0 bridgehead atoms. The number of quaternary nitrogens is 1. The molecule has 2 amide bonds. The number of anilines is 1. The number of amides is 2. The third-order valence-electron chi connectivity index (χ3n) is 4.53. The molecule has 0 unspecified atom stereocenters. The van der Waals surface area contributed by atoms with Gasteiger partial charge in [0.1, 0.15) is 11.5 Å². The lowest BCUT2D eigenvalue weighted by Gasteiger charge is -2.14. The van der Waals surface area contributed by atoms with Crippen molar-refractivity contribution in [2.45, 2.75) is 18.9 Å². The second kappa shape index (κ2) is 8.01. The molecule has 1 heterocycles. The predicted molar refractivity (Wildman–Crippen MR) is 97.4 cm³/mol. The highest BCUT2D eigenvalue weighted by Crippen LogP contribution is 2.24. The van der Waals surface area contributed by atoms with Crippen LogP contribution in [0.1, 0.15) is 12.0 Å². The molecule has 0 saturated carbocycles. The maximum absolute atomic E-state index is 12.6. The van der Waals surface area contributed by atoms with Crippen molar-refractivity contribution >= 4 is 17.5 Å². The van der Waals surface area contributed by atoms with Crippen LogP contribution in [0.3, 0.4) is 0 Å². The first kappa shape index (κ1) is 17.9. The highest BCUT2D eigenvalue weighted by Gasteiger charge is 2.42. The third kappa shape index (κ3) is 3.86. The number of imide groups is 1. The normalized spacial score (nSPS) is 16.8. The van der Waals surface area contributed by atoms with E-state index in [0.29, 0.717) is 11.4 Å². The second-order valence-corrected chi connectivity index (χ2v) is 6.20.